The van der Waals surface area contributed by atoms with Gasteiger partial charge < -0.3 is 16.0 Å². The summed E-state index contributed by atoms with van der Waals surface area (Å²) in [6.07, 6.45) is 4.92. The van der Waals surface area contributed by atoms with Crippen molar-refractivity contribution >= 4 is 33.7 Å². The predicted molar refractivity (Wildman–Crippen MR) is 112 cm³/mol. The Balaban J connectivity index is 1.56. The van der Waals surface area contributed by atoms with Gasteiger partial charge in [-0.1, -0.05) is 0 Å². The minimum atomic E-state index is -2.58. The maximum Gasteiger partial charge on any atom is 0.251 e. The molecule has 3 N–H and O–H groups in total. The van der Waals surface area contributed by atoms with Crippen molar-refractivity contribution in [2.45, 2.75) is 18.8 Å². The van der Waals surface area contributed by atoms with Crippen LogP contribution in [0.2, 0.25) is 0 Å². The van der Waals surface area contributed by atoms with E-state index < -0.39 is 5.92 Å². The summed E-state index contributed by atoms with van der Waals surface area (Å²) >= 11 is 0. The highest BCUT2D eigenvalue weighted by Gasteiger charge is 2.34. The van der Waals surface area contributed by atoms with Crippen LogP contribution in [0, 0.1) is 0 Å². The first-order chi connectivity index (χ1) is 14.4. The molecule has 0 unspecified atom stereocenters. The second-order valence-electron chi connectivity index (χ2n) is 7.39. The number of rotatable bonds is 3. The molecule has 5 heterocycles. The molecule has 8 nitrogen and oxygen atoms in total. The van der Waals surface area contributed by atoms with E-state index in [0.717, 1.165) is 22.0 Å². The Morgan fingerprint density at radius 2 is 1.90 bits per heavy atom. The zero-order chi connectivity index (χ0) is 20.9. The van der Waals surface area contributed by atoms with Gasteiger partial charge in [0.25, 0.3) is 5.92 Å². The van der Waals surface area contributed by atoms with Crippen LogP contribution in [0.25, 0.3) is 27.8 Å². The van der Waals surface area contributed by atoms with Crippen LogP contribution in [-0.4, -0.2) is 50.6 Å². The topological polar surface area (TPSA) is 97.3 Å². The third kappa shape index (κ3) is 3.14. The number of hydrogen-bond acceptors (Lipinski definition) is 7. The maximum atomic E-state index is 13.5. The average Bonchev–Trinajstić information content (AvgIpc) is 3.15. The average molecular weight is 410 g/mol. The summed E-state index contributed by atoms with van der Waals surface area (Å²) in [5, 5.41) is 9.32. The number of alkyl halides is 2. The third-order valence-electron chi connectivity index (χ3n) is 5.45. The van der Waals surface area contributed by atoms with Gasteiger partial charge in [0.2, 0.25) is 0 Å². The van der Waals surface area contributed by atoms with Gasteiger partial charge in [0.05, 0.1) is 11.9 Å². The summed E-state index contributed by atoms with van der Waals surface area (Å²) in [5.41, 5.74) is 8.14. The highest BCUT2D eigenvalue weighted by atomic mass is 19.3. The molecule has 0 spiro atoms. The van der Waals surface area contributed by atoms with Crippen molar-refractivity contribution in [3.63, 3.8) is 0 Å². The van der Waals surface area contributed by atoms with Crippen molar-refractivity contribution in [1.29, 1.82) is 0 Å². The Hall–Kier alpha value is -3.56. The highest BCUT2D eigenvalue weighted by Crippen LogP contribution is 2.32. The number of nitrogens with one attached hydrogen (secondary N) is 1. The van der Waals surface area contributed by atoms with Gasteiger partial charge in [0.1, 0.15) is 11.6 Å². The van der Waals surface area contributed by atoms with E-state index >= 15 is 0 Å². The van der Waals surface area contributed by atoms with Gasteiger partial charge in [-0.2, -0.15) is 0 Å². The van der Waals surface area contributed by atoms with E-state index in [2.05, 4.69) is 25.4 Å². The van der Waals surface area contributed by atoms with Gasteiger partial charge in [-0.25, -0.2) is 28.2 Å². The number of nitrogens with two attached hydrogens (primary N) is 1. The molecule has 10 heteroatoms. The van der Waals surface area contributed by atoms with Gasteiger partial charge in [0.15, 0.2) is 11.5 Å². The predicted octanol–water partition coefficient (Wildman–Crippen LogP) is 3.20. The van der Waals surface area contributed by atoms with Crippen LogP contribution < -0.4 is 16.0 Å². The first kappa shape index (κ1) is 18.5. The van der Waals surface area contributed by atoms with Crippen LogP contribution in [-0.2, 0) is 0 Å². The number of piperidine rings is 1. The van der Waals surface area contributed by atoms with Crippen LogP contribution in [0.1, 0.15) is 12.8 Å². The molecule has 1 saturated heterocycles. The van der Waals surface area contributed by atoms with E-state index in [9.17, 15) is 8.78 Å². The monoisotopic (exact) mass is 410 g/mol. The lowest BCUT2D eigenvalue weighted by atomic mass is 10.1. The number of aromatic nitrogens is 5. The summed E-state index contributed by atoms with van der Waals surface area (Å²) in [7, 11) is 1.79. The van der Waals surface area contributed by atoms with E-state index in [1.807, 2.05) is 23.2 Å². The second-order valence-corrected chi connectivity index (χ2v) is 7.39. The molecule has 1 aliphatic heterocycles. The van der Waals surface area contributed by atoms with E-state index in [-0.39, 0.29) is 12.8 Å². The van der Waals surface area contributed by atoms with Crippen LogP contribution in [0.3, 0.4) is 0 Å². The Morgan fingerprint density at radius 1 is 1.10 bits per heavy atom. The fraction of sp³-hybridized carbons (Fsp3) is 0.300. The number of hydrogen-bond donors (Lipinski definition) is 2. The molecule has 154 valence electrons. The van der Waals surface area contributed by atoms with Crippen molar-refractivity contribution in [2.75, 3.05) is 36.1 Å². The molecular formula is C20H20F2N8. The van der Waals surface area contributed by atoms with Gasteiger partial charge in [-0.15, -0.1) is 5.10 Å². The van der Waals surface area contributed by atoms with Gasteiger partial charge in [-0.05, 0) is 18.2 Å². The lowest BCUT2D eigenvalue weighted by molar-refractivity contribution is -0.0220. The summed E-state index contributed by atoms with van der Waals surface area (Å²) in [6, 6.07) is 5.50. The van der Waals surface area contributed by atoms with Crippen LogP contribution >= 0.6 is 0 Å². The van der Waals surface area contributed by atoms with Gasteiger partial charge >= 0.3 is 0 Å². The first-order valence-corrected chi connectivity index (χ1v) is 9.65. The van der Waals surface area contributed by atoms with Gasteiger partial charge in [0, 0.05) is 61.7 Å². The number of nitrogen functional groups attached to an aromatic ring is 1. The molecular weight excluding hydrogens is 390 g/mol. The summed E-state index contributed by atoms with van der Waals surface area (Å²) < 4.78 is 28.6. The second kappa shape index (κ2) is 6.75. The first-order valence-electron chi connectivity index (χ1n) is 9.65. The van der Waals surface area contributed by atoms with Crippen molar-refractivity contribution in [3.05, 3.63) is 36.8 Å². The fourth-order valence-corrected chi connectivity index (χ4v) is 3.79. The minimum absolute atomic E-state index is 0.140. The molecule has 1 aliphatic rings. The Morgan fingerprint density at radius 3 is 2.67 bits per heavy atom. The van der Waals surface area contributed by atoms with E-state index in [1.54, 1.807) is 30.0 Å². The maximum absolute atomic E-state index is 13.5. The van der Waals surface area contributed by atoms with E-state index in [4.69, 9.17) is 5.73 Å². The quantitative estimate of drug-likeness (QED) is 0.535. The normalized spacial score (nSPS) is 16.3. The Bertz CT molecular complexity index is 1240. The third-order valence-corrected chi connectivity index (χ3v) is 5.45. The van der Waals surface area contributed by atoms with Crippen molar-refractivity contribution < 1.29 is 8.78 Å². The largest absolute Gasteiger partial charge is 0.384 e. The van der Waals surface area contributed by atoms with Gasteiger partial charge in [-0.3, -0.25) is 0 Å². The van der Waals surface area contributed by atoms with Crippen molar-refractivity contribution in [3.8, 4) is 11.4 Å². The number of halogens is 2. The molecule has 0 amide bonds. The Labute approximate surface area is 170 Å². The van der Waals surface area contributed by atoms with E-state index in [1.165, 1.54) is 0 Å². The molecule has 0 atom stereocenters. The zero-order valence-corrected chi connectivity index (χ0v) is 16.3. The molecule has 30 heavy (non-hydrogen) atoms. The Kier molecular flexibility index (Phi) is 4.16. The lowest BCUT2D eigenvalue weighted by Crippen LogP contribution is -2.39. The molecule has 5 rings (SSSR count). The lowest BCUT2D eigenvalue weighted by Gasteiger charge is -2.33. The summed E-state index contributed by atoms with van der Waals surface area (Å²) in [6.45, 7) is 0.624. The number of fused-ring (bicyclic) bond motifs is 2. The van der Waals surface area contributed by atoms with Crippen LogP contribution in [0.4, 0.5) is 26.1 Å². The molecule has 4 aromatic rings. The standard InChI is InChI=1S/C20H20F2N8/c1-24-18-14-9-25-16(23)8-13(14)15(10-26-18)19-27-17-3-2-12(11-30(17)28-19)29-6-4-20(21,22)5-7-29/h2-3,8-11H,4-7H2,1H3,(H2,23,25)(H,24,26). The fourth-order valence-electron chi connectivity index (χ4n) is 3.79. The summed E-state index contributed by atoms with van der Waals surface area (Å²) in [4.78, 5) is 15.2. The molecule has 0 bridgehead atoms. The number of nitrogens with zero attached hydrogens (tertiary/aromatic N) is 6. The highest BCUT2D eigenvalue weighted by molar-refractivity contribution is 6.01. The molecule has 0 radical (unpaired) electrons. The molecule has 0 saturated carbocycles. The van der Waals surface area contributed by atoms with Crippen molar-refractivity contribution in [1.82, 2.24) is 24.6 Å². The molecule has 0 aliphatic carbocycles. The SMILES string of the molecule is CNc1ncc(-c2nc3ccc(N4CCC(F)(F)CC4)cn3n2)c2cc(N)ncc12. The van der Waals surface area contributed by atoms with E-state index in [0.29, 0.717) is 36.2 Å². The van der Waals surface area contributed by atoms with Crippen molar-refractivity contribution in [2.24, 2.45) is 0 Å². The molecule has 0 aromatic carbocycles. The minimum Gasteiger partial charge on any atom is -0.384 e. The van der Waals surface area contributed by atoms with Crippen LogP contribution in [0.15, 0.2) is 36.8 Å². The smallest absolute Gasteiger partial charge is 0.251 e. The number of anilines is 3. The van der Waals surface area contributed by atoms with Crippen LogP contribution in [0.5, 0.6) is 0 Å². The molecule has 1 fully saturated rings. The zero-order valence-electron chi connectivity index (χ0n) is 16.3. The molecule has 4 aromatic heterocycles. The summed E-state index contributed by atoms with van der Waals surface area (Å²) in [5.74, 6) is -0.993. The number of pyridine rings is 3.